The first kappa shape index (κ1) is 12.2. The first-order valence-corrected chi connectivity index (χ1v) is 5.68. The average Bonchev–Trinajstić information content (AvgIpc) is 2.40. The van der Waals surface area contributed by atoms with Crippen LogP contribution in [0.4, 0.5) is 4.39 Å². The minimum atomic E-state index is -0.258. The first-order chi connectivity index (χ1) is 8.75. The summed E-state index contributed by atoms with van der Waals surface area (Å²) in [6.45, 7) is 0.469. The van der Waals surface area contributed by atoms with Gasteiger partial charge in [0.2, 0.25) is 0 Å². The third-order valence-corrected chi connectivity index (χ3v) is 2.51. The highest BCUT2D eigenvalue weighted by Crippen LogP contribution is 2.03. The van der Waals surface area contributed by atoms with E-state index in [4.69, 9.17) is 0 Å². The fraction of sp³-hybridized carbons (Fsp3) is 0.143. The molecule has 0 saturated heterocycles. The second-order valence-corrected chi connectivity index (χ2v) is 3.88. The van der Waals surface area contributed by atoms with E-state index >= 15 is 0 Å². The predicted molar refractivity (Wildman–Crippen MR) is 66.7 cm³/mol. The van der Waals surface area contributed by atoms with Gasteiger partial charge in [0, 0.05) is 18.9 Å². The van der Waals surface area contributed by atoms with Crippen LogP contribution in [0, 0.1) is 5.82 Å². The molecule has 1 aromatic heterocycles. The maximum Gasteiger partial charge on any atom is 0.252 e. The van der Waals surface area contributed by atoms with Crippen LogP contribution in [-0.2, 0) is 6.42 Å². The van der Waals surface area contributed by atoms with Crippen molar-refractivity contribution in [3.63, 3.8) is 0 Å². The standard InChI is InChI=1S/C14H13FN2O/c15-13-5-1-3-11(9-13)6-8-17-14(18)12-4-2-7-16-10-12/h1-5,7,9-10H,6,8H2,(H,17,18). The van der Waals surface area contributed by atoms with Gasteiger partial charge in [-0.05, 0) is 36.2 Å². The lowest BCUT2D eigenvalue weighted by molar-refractivity contribution is 0.0954. The normalized spacial score (nSPS) is 10.1. The molecule has 0 saturated carbocycles. The molecule has 0 aliphatic heterocycles. The van der Waals surface area contributed by atoms with Gasteiger partial charge in [0.05, 0.1) is 5.56 Å². The molecule has 0 atom stereocenters. The number of carbonyl (C=O) groups excluding carboxylic acids is 1. The molecule has 0 unspecified atom stereocenters. The Labute approximate surface area is 105 Å². The lowest BCUT2D eigenvalue weighted by Crippen LogP contribution is -2.25. The van der Waals surface area contributed by atoms with E-state index in [9.17, 15) is 9.18 Å². The molecule has 2 rings (SSSR count). The lowest BCUT2D eigenvalue weighted by Gasteiger charge is -2.05. The monoisotopic (exact) mass is 244 g/mol. The van der Waals surface area contributed by atoms with E-state index in [1.54, 1.807) is 24.4 Å². The highest BCUT2D eigenvalue weighted by molar-refractivity contribution is 5.93. The summed E-state index contributed by atoms with van der Waals surface area (Å²) in [5.74, 6) is -0.425. The number of hydrogen-bond donors (Lipinski definition) is 1. The zero-order valence-corrected chi connectivity index (χ0v) is 9.77. The largest absolute Gasteiger partial charge is 0.352 e. The summed E-state index contributed by atoms with van der Waals surface area (Å²) in [5.41, 5.74) is 1.39. The highest BCUT2D eigenvalue weighted by atomic mass is 19.1. The molecule has 1 aromatic carbocycles. The van der Waals surface area contributed by atoms with Gasteiger partial charge in [-0.25, -0.2) is 4.39 Å². The van der Waals surface area contributed by atoms with Gasteiger partial charge in [0.25, 0.3) is 5.91 Å². The van der Waals surface area contributed by atoms with Crippen LogP contribution in [0.15, 0.2) is 48.8 Å². The van der Waals surface area contributed by atoms with Gasteiger partial charge in [0.1, 0.15) is 5.82 Å². The molecule has 4 heteroatoms. The Kier molecular flexibility index (Phi) is 4.02. The van der Waals surface area contributed by atoms with Crippen molar-refractivity contribution < 1.29 is 9.18 Å². The number of halogens is 1. The van der Waals surface area contributed by atoms with E-state index in [1.807, 2.05) is 6.07 Å². The van der Waals surface area contributed by atoms with E-state index in [0.717, 1.165) is 5.56 Å². The smallest absolute Gasteiger partial charge is 0.252 e. The van der Waals surface area contributed by atoms with E-state index < -0.39 is 0 Å². The fourth-order valence-electron chi connectivity index (χ4n) is 1.61. The third-order valence-electron chi connectivity index (χ3n) is 2.51. The Morgan fingerprint density at radius 2 is 2.17 bits per heavy atom. The second-order valence-electron chi connectivity index (χ2n) is 3.88. The van der Waals surface area contributed by atoms with Gasteiger partial charge < -0.3 is 5.32 Å². The Morgan fingerprint density at radius 3 is 2.89 bits per heavy atom. The summed E-state index contributed by atoms with van der Waals surface area (Å²) < 4.78 is 12.9. The molecule has 1 amide bonds. The Balaban J connectivity index is 1.84. The van der Waals surface area contributed by atoms with Gasteiger partial charge in [-0.3, -0.25) is 9.78 Å². The zero-order valence-electron chi connectivity index (χ0n) is 9.77. The first-order valence-electron chi connectivity index (χ1n) is 5.68. The molecular formula is C14H13FN2O. The SMILES string of the molecule is O=C(NCCc1cccc(F)c1)c1cccnc1. The number of aromatic nitrogens is 1. The molecule has 2 aromatic rings. The van der Waals surface area contributed by atoms with Crippen molar-refractivity contribution >= 4 is 5.91 Å². The quantitative estimate of drug-likeness (QED) is 0.895. The average molecular weight is 244 g/mol. The minimum Gasteiger partial charge on any atom is -0.352 e. The van der Waals surface area contributed by atoms with Crippen LogP contribution < -0.4 is 5.32 Å². The highest BCUT2D eigenvalue weighted by Gasteiger charge is 2.04. The summed E-state index contributed by atoms with van der Waals surface area (Å²) >= 11 is 0. The second kappa shape index (κ2) is 5.91. The third kappa shape index (κ3) is 3.38. The van der Waals surface area contributed by atoms with Crippen LogP contribution in [-0.4, -0.2) is 17.4 Å². The molecule has 0 aliphatic carbocycles. The van der Waals surface area contributed by atoms with E-state index in [-0.39, 0.29) is 11.7 Å². The van der Waals surface area contributed by atoms with Crippen molar-refractivity contribution in [2.45, 2.75) is 6.42 Å². The van der Waals surface area contributed by atoms with Gasteiger partial charge in [0.15, 0.2) is 0 Å². The Morgan fingerprint density at radius 1 is 1.28 bits per heavy atom. The number of benzene rings is 1. The summed E-state index contributed by atoms with van der Waals surface area (Å²) in [5, 5.41) is 2.77. The molecule has 0 radical (unpaired) electrons. The van der Waals surface area contributed by atoms with Crippen molar-refractivity contribution in [3.05, 3.63) is 65.7 Å². The number of carbonyl (C=O) groups is 1. The number of nitrogens with one attached hydrogen (secondary N) is 1. The number of rotatable bonds is 4. The maximum atomic E-state index is 12.9. The molecule has 0 bridgehead atoms. The molecule has 3 nitrogen and oxygen atoms in total. The van der Waals surface area contributed by atoms with Crippen LogP contribution in [0.2, 0.25) is 0 Å². The van der Waals surface area contributed by atoms with Crippen LogP contribution in [0.3, 0.4) is 0 Å². The predicted octanol–water partition coefficient (Wildman–Crippen LogP) is 2.19. The summed E-state index contributed by atoms with van der Waals surface area (Å²) in [6, 6.07) is 9.77. The van der Waals surface area contributed by atoms with Crippen LogP contribution in [0.1, 0.15) is 15.9 Å². The van der Waals surface area contributed by atoms with Gasteiger partial charge in [-0.2, -0.15) is 0 Å². The topological polar surface area (TPSA) is 42.0 Å². The number of pyridine rings is 1. The van der Waals surface area contributed by atoms with Crippen LogP contribution >= 0.6 is 0 Å². The number of nitrogens with zero attached hydrogens (tertiary/aromatic N) is 1. The van der Waals surface area contributed by atoms with E-state index in [2.05, 4.69) is 10.3 Å². The van der Waals surface area contributed by atoms with Crippen molar-refractivity contribution in [3.8, 4) is 0 Å². The molecule has 1 heterocycles. The number of amides is 1. The summed E-state index contributed by atoms with van der Waals surface area (Å²) in [7, 11) is 0. The summed E-state index contributed by atoms with van der Waals surface area (Å²) in [4.78, 5) is 15.5. The van der Waals surface area contributed by atoms with E-state index in [0.29, 0.717) is 18.5 Å². The molecule has 18 heavy (non-hydrogen) atoms. The fourth-order valence-corrected chi connectivity index (χ4v) is 1.61. The summed E-state index contributed by atoms with van der Waals surface area (Å²) in [6.07, 6.45) is 3.73. The molecule has 0 aliphatic rings. The van der Waals surface area contributed by atoms with Crippen molar-refractivity contribution in [2.24, 2.45) is 0 Å². The maximum absolute atomic E-state index is 12.9. The lowest BCUT2D eigenvalue weighted by atomic mass is 10.1. The van der Waals surface area contributed by atoms with Gasteiger partial charge in [-0.1, -0.05) is 12.1 Å². The molecule has 1 N–H and O–H groups in total. The Bertz CT molecular complexity index is 528. The van der Waals surface area contributed by atoms with Gasteiger partial charge in [-0.15, -0.1) is 0 Å². The van der Waals surface area contributed by atoms with Crippen molar-refractivity contribution in [1.82, 2.24) is 10.3 Å². The Hall–Kier alpha value is -2.23. The van der Waals surface area contributed by atoms with Crippen LogP contribution in [0.5, 0.6) is 0 Å². The van der Waals surface area contributed by atoms with Crippen molar-refractivity contribution in [1.29, 1.82) is 0 Å². The zero-order chi connectivity index (χ0) is 12.8. The van der Waals surface area contributed by atoms with Crippen LogP contribution in [0.25, 0.3) is 0 Å². The molecular weight excluding hydrogens is 231 g/mol. The number of hydrogen-bond acceptors (Lipinski definition) is 2. The van der Waals surface area contributed by atoms with Crippen molar-refractivity contribution in [2.75, 3.05) is 6.54 Å². The molecule has 0 fully saturated rings. The van der Waals surface area contributed by atoms with Gasteiger partial charge >= 0.3 is 0 Å². The molecule has 92 valence electrons. The molecule has 0 spiro atoms. The minimum absolute atomic E-state index is 0.167. The van der Waals surface area contributed by atoms with E-state index in [1.165, 1.54) is 18.3 Å².